The molecule has 0 unspecified atom stereocenters. The maximum absolute atomic E-state index is 6.43. The van der Waals surface area contributed by atoms with Crippen LogP contribution in [-0.4, -0.2) is 89.7 Å². The molecule has 0 fully saturated rings. The monoisotopic (exact) mass is 606 g/mol. The van der Waals surface area contributed by atoms with Gasteiger partial charge >= 0.3 is 17.1 Å². The summed E-state index contributed by atoms with van der Waals surface area (Å²) in [6.07, 6.45) is 12.9. The van der Waals surface area contributed by atoms with E-state index in [9.17, 15) is 0 Å². The van der Waals surface area contributed by atoms with E-state index >= 15 is 0 Å². The summed E-state index contributed by atoms with van der Waals surface area (Å²) in [5.41, 5.74) is 0. The molecule has 0 saturated carbocycles. The summed E-state index contributed by atoms with van der Waals surface area (Å²) < 4.78 is 25.7. The summed E-state index contributed by atoms with van der Waals surface area (Å²) in [6.45, 7) is 28.9. The molecule has 0 radical (unpaired) electrons. The van der Waals surface area contributed by atoms with Crippen LogP contribution in [0.15, 0.2) is 0 Å². The van der Waals surface area contributed by atoms with Crippen LogP contribution in [0.25, 0.3) is 0 Å². The second-order valence-corrected chi connectivity index (χ2v) is 17.4. The number of nitrogens with zero attached hydrogens (tertiary/aromatic N) is 4. The van der Waals surface area contributed by atoms with Crippen molar-refractivity contribution in [3.8, 4) is 0 Å². The number of unbranched alkanes of at least 4 members (excludes halogenated alkanes) is 9. The van der Waals surface area contributed by atoms with Crippen LogP contribution in [0.1, 0.15) is 120 Å². The van der Waals surface area contributed by atoms with E-state index in [1.54, 1.807) is 0 Å². The van der Waals surface area contributed by atoms with Crippen LogP contribution < -0.4 is 0 Å². The van der Waals surface area contributed by atoms with Crippen LogP contribution in [0.4, 0.5) is 0 Å². The van der Waals surface area contributed by atoms with Gasteiger partial charge in [0.1, 0.15) is 0 Å². The fourth-order valence-electron chi connectivity index (χ4n) is 5.03. The fourth-order valence-corrected chi connectivity index (χ4v) is 10.5. The lowest BCUT2D eigenvalue weighted by Crippen LogP contribution is -2.49. The van der Waals surface area contributed by atoms with Gasteiger partial charge in [-0.3, -0.25) is 0 Å². The first-order chi connectivity index (χ1) is 19.2. The number of hydroxylamine groups is 8. The van der Waals surface area contributed by atoms with Crippen LogP contribution in [0.5, 0.6) is 0 Å². The second-order valence-electron chi connectivity index (χ2n) is 11.1. The molecular weight excluding hydrogens is 537 g/mol. The van der Waals surface area contributed by atoms with Crippen molar-refractivity contribution in [1.29, 1.82) is 0 Å². The van der Waals surface area contributed by atoms with E-state index < -0.39 is 17.1 Å². The molecule has 0 spiro atoms. The molecule has 10 heteroatoms. The molecule has 0 heterocycles. The molecule has 0 aliphatic carbocycles. The molecule has 0 bridgehead atoms. The van der Waals surface area contributed by atoms with E-state index in [1.165, 1.54) is 64.2 Å². The Morgan fingerprint density at radius 1 is 0.325 bits per heavy atom. The second kappa shape index (κ2) is 24.5. The first-order valence-electron chi connectivity index (χ1n) is 16.9. The van der Waals surface area contributed by atoms with E-state index in [1.807, 2.05) is 0 Å². The van der Waals surface area contributed by atoms with Crippen molar-refractivity contribution in [2.45, 2.75) is 145 Å². The maximum Gasteiger partial charge on any atom is 0.374 e. The highest BCUT2D eigenvalue weighted by Crippen LogP contribution is 2.23. The molecule has 0 aromatic rings. The highest BCUT2D eigenvalue weighted by molar-refractivity contribution is 6.66. The van der Waals surface area contributed by atoms with E-state index in [0.29, 0.717) is 0 Å². The zero-order chi connectivity index (χ0) is 30.3. The molecule has 40 heavy (non-hydrogen) atoms. The quantitative estimate of drug-likeness (QED) is 0.0481. The highest BCUT2D eigenvalue weighted by atomic mass is 28.4. The zero-order valence-electron chi connectivity index (χ0n) is 28.6. The van der Waals surface area contributed by atoms with Gasteiger partial charge in [0.25, 0.3) is 0 Å². The molecule has 242 valence electrons. The van der Waals surface area contributed by atoms with Crippen LogP contribution in [0, 0.1) is 0 Å². The summed E-state index contributed by atoms with van der Waals surface area (Å²) in [4.78, 5) is 0. The average molecular weight is 607 g/mol. The minimum atomic E-state index is -2.26. The van der Waals surface area contributed by atoms with Crippen LogP contribution in [0.2, 0.25) is 25.2 Å². The summed E-state index contributed by atoms with van der Waals surface area (Å²) in [5, 5.41) is 8.26. The van der Waals surface area contributed by atoms with E-state index in [-0.39, 0.29) is 0 Å². The molecule has 0 atom stereocenters. The van der Waals surface area contributed by atoms with Crippen molar-refractivity contribution in [3.63, 3.8) is 0 Å². The van der Waals surface area contributed by atoms with Crippen molar-refractivity contribution in [2.24, 2.45) is 0 Å². The Kier molecular flexibility index (Phi) is 24.6. The summed E-state index contributed by atoms with van der Waals surface area (Å²) in [7, 11) is -4.53. The highest BCUT2D eigenvalue weighted by Gasteiger charge is 2.37. The fraction of sp³-hybridized carbons (Fsp3) is 1.00. The Labute approximate surface area is 252 Å². The average Bonchev–Trinajstić information content (AvgIpc) is 2.96. The van der Waals surface area contributed by atoms with Gasteiger partial charge in [-0.05, 0) is 25.2 Å². The Balaban J connectivity index is 4.25. The summed E-state index contributed by atoms with van der Waals surface area (Å²) >= 11 is 0. The van der Waals surface area contributed by atoms with Gasteiger partial charge in [0.05, 0.1) is 0 Å². The normalized spacial score (nSPS) is 13.1. The van der Waals surface area contributed by atoms with Crippen molar-refractivity contribution < 1.29 is 18.1 Å². The Hall–Kier alpha value is 0.114. The van der Waals surface area contributed by atoms with Crippen LogP contribution >= 0.6 is 0 Å². The van der Waals surface area contributed by atoms with Crippen molar-refractivity contribution in [2.75, 3.05) is 52.4 Å². The molecule has 8 nitrogen and oxygen atoms in total. The van der Waals surface area contributed by atoms with Gasteiger partial charge in [-0.2, -0.15) is 20.3 Å². The Morgan fingerprint density at radius 2 is 0.500 bits per heavy atom. The van der Waals surface area contributed by atoms with Crippen molar-refractivity contribution in [1.82, 2.24) is 20.3 Å². The summed E-state index contributed by atoms with van der Waals surface area (Å²) in [6, 6.07) is 2.11. The molecule has 0 aromatic heterocycles. The molecule has 0 rings (SSSR count). The molecule has 0 N–H and O–H groups in total. The molecule has 0 aromatic carbocycles. The smallest absolute Gasteiger partial charge is 0.309 e. The number of hydrogen-bond donors (Lipinski definition) is 0. The number of hydrogen-bond acceptors (Lipinski definition) is 8. The van der Waals surface area contributed by atoms with Crippen LogP contribution in [0.3, 0.4) is 0 Å². The molecule has 0 aliphatic heterocycles. The third-order valence-corrected chi connectivity index (χ3v) is 12.7. The molecule has 0 amide bonds. The third kappa shape index (κ3) is 18.6. The third-order valence-electron chi connectivity index (χ3n) is 7.62. The van der Waals surface area contributed by atoms with E-state index in [2.05, 4.69) is 88.7 Å². The standard InChI is InChI=1S/C30H70N4O4Si2/c1-11-31(12-2)35-39(9,36-32(13-3)14-4)29-27-25-23-21-19-20-22-24-26-28-30-40(10,37-33(15-5)16-6)38-34(17-7)18-8/h11-30H2,1-10H3. The van der Waals surface area contributed by atoms with Gasteiger partial charge < -0.3 is 18.1 Å². The van der Waals surface area contributed by atoms with Crippen LogP contribution in [-0.2, 0) is 18.1 Å². The predicted molar refractivity (Wildman–Crippen MR) is 175 cm³/mol. The largest absolute Gasteiger partial charge is 0.374 e. The molecular formula is C30H70N4O4Si2. The lowest BCUT2D eigenvalue weighted by Gasteiger charge is -2.35. The van der Waals surface area contributed by atoms with Crippen molar-refractivity contribution >= 4 is 17.1 Å². The lowest BCUT2D eigenvalue weighted by atomic mass is 10.1. The molecule has 0 saturated heterocycles. The van der Waals surface area contributed by atoms with E-state index in [0.717, 1.165) is 64.4 Å². The minimum Gasteiger partial charge on any atom is -0.309 e. The van der Waals surface area contributed by atoms with Crippen molar-refractivity contribution in [3.05, 3.63) is 0 Å². The minimum absolute atomic E-state index is 0.899. The first-order valence-corrected chi connectivity index (χ1v) is 22.0. The van der Waals surface area contributed by atoms with Gasteiger partial charge in [-0.25, -0.2) is 0 Å². The summed E-state index contributed by atoms with van der Waals surface area (Å²) in [5.74, 6) is 0. The SMILES string of the molecule is CCN(CC)O[Si](C)(CCCCCCCCCCCC[Si](C)(ON(CC)CC)ON(CC)CC)ON(CC)CC. The van der Waals surface area contributed by atoms with Gasteiger partial charge in [-0.1, -0.05) is 120 Å². The maximum atomic E-state index is 6.43. The van der Waals surface area contributed by atoms with Gasteiger partial charge in [-0.15, -0.1) is 0 Å². The Morgan fingerprint density at radius 3 is 0.675 bits per heavy atom. The van der Waals surface area contributed by atoms with Gasteiger partial charge in [0.15, 0.2) is 0 Å². The molecule has 0 aliphatic rings. The first kappa shape index (κ1) is 40.1. The topological polar surface area (TPSA) is 49.9 Å². The lowest BCUT2D eigenvalue weighted by molar-refractivity contribution is -0.144. The van der Waals surface area contributed by atoms with E-state index in [4.69, 9.17) is 18.1 Å². The van der Waals surface area contributed by atoms with Gasteiger partial charge in [0.2, 0.25) is 0 Å². The Bertz CT molecular complexity index is 488. The van der Waals surface area contributed by atoms with Gasteiger partial charge in [0, 0.05) is 52.4 Å². The zero-order valence-corrected chi connectivity index (χ0v) is 30.6. The predicted octanol–water partition coefficient (Wildman–Crippen LogP) is 8.13. The number of rotatable bonds is 29.